The number of hydrogen-bond acceptors (Lipinski definition) is 2. The molecule has 0 unspecified atom stereocenters. The maximum atomic E-state index is 4.32. The lowest BCUT2D eigenvalue weighted by Gasteiger charge is -2.20. The van der Waals surface area contributed by atoms with Gasteiger partial charge in [0.15, 0.2) is 5.96 Å². The molecule has 1 N–H and O–H groups in total. The number of aliphatic imine (C=N–C) groups is 1. The molecule has 1 aromatic heterocycles. The second-order valence-corrected chi connectivity index (χ2v) is 4.34. The highest BCUT2D eigenvalue weighted by atomic mass is 127. The van der Waals surface area contributed by atoms with Crippen molar-refractivity contribution in [2.75, 3.05) is 26.7 Å². The molecule has 1 aliphatic heterocycles. The van der Waals surface area contributed by atoms with Crippen LogP contribution in [-0.2, 0) is 6.54 Å². The molecule has 18 heavy (non-hydrogen) atoms. The summed E-state index contributed by atoms with van der Waals surface area (Å²) in [5, 5.41) is 3.40. The number of imidazole rings is 1. The molecule has 102 valence electrons. The van der Waals surface area contributed by atoms with Crippen molar-refractivity contribution in [3.8, 4) is 0 Å². The number of guanidine groups is 1. The largest absolute Gasteiger partial charge is 0.354 e. The minimum atomic E-state index is 0. The minimum Gasteiger partial charge on any atom is -0.354 e. The molecule has 0 amide bonds. The topological polar surface area (TPSA) is 45.5 Å². The summed E-state index contributed by atoms with van der Waals surface area (Å²) in [4.78, 5) is 10.8. The smallest absolute Gasteiger partial charge is 0.193 e. The average Bonchev–Trinajstić information content (AvgIpc) is 2.97. The third kappa shape index (κ3) is 3.86. The number of nitrogens with zero attached hydrogens (tertiary/aromatic N) is 4. The molecule has 0 atom stereocenters. The van der Waals surface area contributed by atoms with Gasteiger partial charge in [-0.3, -0.25) is 4.99 Å². The van der Waals surface area contributed by atoms with Crippen molar-refractivity contribution < 1.29 is 0 Å². The summed E-state index contributed by atoms with van der Waals surface area (Å²) >= 11 is 0. The van der Waals surface area contributed by atoms with Crippen molar-refractivity contribution in [2.24, 2.45) is 4.99 Å². The van der Waals surface area contributed by atoms with Gasteiger partial charge < -0.3 is 14.8 Å². The first kappa shape index (κ1) is 15.3. The van der Waals surface area contributed by atoms with Crippen LogP contribution >= 0.6 is 24.0 Å². The van der Waals surface area contributed by atoms with E-state index in [2.05, 4.69) is 24.8 Å². The van der Waals surface area contributed by atoms with Gasteiger partial charge >= 0.3 is 0 Å². The van der Waals surface area contributed by atoms with Crippen LogP contribution in [0.3, 0.4) is 0 Å². The quantitative estimate of drug-likeness (QED) is 0.503. The van der Waals surface area contributed by atoms with Crippen LogP contribution in [0.5, 0.6) is 0 Å². The van der Waals surface area contributed by atoms with E-state index in [0.717, 1.165) is 38.0 Å². The van der Waals surface area contributed by atoms with Crippen LogP contribution in [0.15, 0.2) is 17.4 Å². The standard InChI is InChI=1S/C12H21N5.HI/c1-11-14-5-9-16(11)10-6-15-12(13-2)17-7-3-4-8-17;/h5,9H,3-4,6-8,10H2,1-2H3,(H,13,15);1H. The van der Waals surface area contributed by atoms with E-state index in [-0.39, 0.29) is 24.0 Å². The lowest BCUT2D eigenvalue weighted by molar-refractivity contribution is 0.488. The Bertz CT molecular complexity index is 382. The Morgan fingerprint density at radius 1 is 1.44 bits per heavy atom. The van der Waals surface area contributed by atoms with Gasteiger partial charge in [-0.25, -0.2) is 4.98 Å². The van der Waals surface area contributed by atoms with Crippen LogP contribution in [0.2, 0.25) is 0 Å². The fraction of sp³-hybridized carbons (Fsp3) is 0.667. The summed E-state index contributed by atoms with van der Waals surface area (Å²) in [6, 6.07) is 0. The van der Waals surface area contributed by atoms with Crippen molar-refractivity contribution in [1.82, 2.24) is 19.8 Å². The molecular weight excluding hydrogens is 341 g/mol. The van der Waals surface area contributed by atoms with E-state index in [1.807, 2.05) is 26.4 Å². The van der Waals surface area contributed by atoms with E-state index in [9.17, 15) is 0 Å². The van der Waals surface area contributed by atoms with E-state index in [1.165, 1.54) is 12.8 Å². The molecule has 2 heterocycles. The normalized spacial score (nSPS) is 15.7. The van der Waals surface area contributed by atoms with Crippen LogP contribution < -0.4 is 5.32 Å². The van der Waals surface area contributed by atoms with Crippen molar-refractivity contribution in [2.45, 2.75) is 26.3 Å². The van der Waals surface area contributed by atoms with Crippen LogP contribution in [0.1, 0.15) is 18.7 Å². The fourth-order valence-electron chi connectivity index (χ4n) is 2.19. The Morgan fingerprint density at radius 2 is 2.17 bits per heavy atom. The Morgan fingerprint density at radius 3 is 2.72 bits per heavy atom. The zero-order valence-corrected chi connectivity index (χ0v) is 13.4. The summed E-state index contributed by atoms with van der Waals surface area (Å²) in [7, 11) is 1.85. The number of likely N-dealkylation sites (tertiary alicyclic amines) is 1. The van der Waals surface area contributed by atoms with Gasteiger partial charge in [-0.1, -0.05) is 0 Å². The molecule has 0 bridgehead atoms. The highest BCUT2D eigenvalue weighted by Crippen LogP contribution is 2.06. The van der Waals surface area contributed by atoms with Crippen LogP contribution in [0.4, 0.5) is 0 Å². The van der Waals surface area contributed by atoms with E-state index in [0.29, 0.717) is 0 Å². The molecule has 1 aliphatic rings. The molecule has 0 spiro atoms. The second kappa shape index (κ2) is 7.60. The van der Waals surface area contributed by atoms with Crippen molar-refractivity contribution in [3.05, 3.63) is 18.2 Å². The number of aryl methyl sites for hydroxylation is 1. The molecule has 0 aromatic carbocycles. The summed E-state index contributed by atoms with van der Waals surface area (Å²) in [5.74, 6) is 2.09. The van der Waals surface area contributed by atoms with E-state index in [1.54, 1.807) is 0 Å². The predicted molar refractivity (Wildman–Crippen MR) is 84.5 cm³/mol. The van der Waals surface area contributed by atoms with Gasteiger partial charge in [0.1, 0.15) is 5.82 Å². The molecule has 1 fully saturated rings. The van der Waals surface area contributed by atoms with Gasteiger partial charge in [0.2, 0.25) is 0 Å². The zero-order valence-electron chi connectivity index (χ0n) is 11.1. The molecule has 1 aromatic rings. The molecule has 5 nitrogen and oxygen atoms in total. The lowest BCUT2D eigenvalue weighted by Crippen LogP contribution is -2.40. The minimum absolute atomic E-state index is 0. The number of rotatable bonds is 3. The second-order valence-electron chi connectivity index (χ2n) is 4.34. The van der Waals surface area contributed by atoms with Crippen molar-refractivity contribution >= 4 is 29.9 Å². The molecule has 0 radical (unpaired) electrons. The summed E-state index contributed by atoms with van der Waals surface area (Å²) < 4.78 is 2.14. The highest BCUT2D eigenvalue weighted by Gasteiger charge is 2.14. The molecule has 0 saturated carbocycles. The van der Waals surface area contributed by atoms with Crippen molar-refractivity contribution in [3.63, 3.8) is 0 Å². The predicted octanol–water partition coefficient (Wildman–Crippen LogP) is 1.48. The zero-order chi connectivity index (χ0) is 12.1. The molecule has 2 rings (SSSR count). The number of halogens is 1. The SMILES string of the molecule is CN=C(NCCn1ccnc1C)N1CCCC1.I. The third-order valence-corrected chi connectivity index (χ3v) is 3.18. The maximum Gasteiger partial charge on any atom is 0.193 e. The van der Waals surface area contributed by atoms with Gasteiger partial charge in [0, 0.05) is 45.6 Å². The average molecular weight is 363 g/mol. The number of hydrogen-bond donors (Lipinski definition) is 1. The van der Waals surface area contributed by atoms with Gasteiger partial charge in [-0.15, -0.1) is 24.0 Å². The third-order valence-electron chi connectivity index (χ3n) is 3.18. The van der Waals surface area contributed by atoms with Crippen LogP contribution in [0, 0.1) is 6.92 Å². The fourth-order valence-corrected chi connectivity index (χ4v) is 2.19. The summed E-state index contributed by atoms with van der Waals surface area (Å²) in [5.41, 5.74) is 0. The maximum absolute atomic E-state index is 4.32. The molecule has 0 aliphatic carbocycles. The van der Waals surface area contributed by atoms with Gasteiger partial charge in [-0.05, 0) is 19.8 Å². The summed E-state index contributed by atoms with van der Waals surface area (Å²) in [6.07, 6.45) is 6.41. The van der Waals surface area contributed by atoms with E-state index in [4.69, 9.17) is 0 Å². The van der Waals surface area contributed by atoms with Gasteiger partial charge in [-0.2, -0.15) is 0 Å². The molecular formula is C12H22IN5. The number of nitrogens with one attached hydrogen (secondary N) is 1. The Kier molecular flexibility index (Phi) is 6.45. The van der Waals surface area contributed by atoms with Gasteiger partial charge in [0.05, 0.1) is 0 Å². The van der Waals surface area contributed by atoms with Crippen LogP contribution in [-0.4, -0.2) is 47.1 Å². The van der Waals surface area contributed by atoms with E-state index < -0.39 is 0 Å². The van der Waals surface area contributed by atoms with Crippen LogP contribution in [0.25, 0.3) is 0 Å². The Hall–Kier alpha value is -0.790. The summed E-state index contributed by atoms with van der Waals surface area (Å²) in [6.45, 7) is 6.10. The lowest BCUT2D eigenvalue weighted by atomic mass is 10.4. The first-order valence-electron chi connectivity index (χ1n) is 6.24. The molecule has 1 saturated heterocycles. The first-order chi connectivity index (χ1) is 8.31. The molecule has 6 heteroatoms. The first-order valence-corrected chi connectivity index (χ1v) is 6.24. The Labute approximate surface area is 126 Å². The van der Waals surface area contributed by atoms with Gasteiger partial charge in [0.25, 0.3) is 0 Å². The monoisotopic (exact) mass is 363 g/mol. The van der Waals surface area contributed by atoms with Crippen molar-refractivity contribution in [1.29, 1.82) is 0 Å². The van der Waals surface area contributed by atoms with E-state index >= 15 is 0 Å². The number of aromatic nitrogens is 2. The highest BCUT2D eigenvalue weighted by molar-refractivity contribution is 14.0. The Balaban J connectivity index is 0.00000162.